The van der Waals surface area contributed by atoms with E-state index in [0.717, 1.165) is 4.90 Å². The molecule has 2 aliphatic rings. The summed E-state index contributed by atoms with van der Waals surface area (Å²) in [5, 5.41) is 3.55. The Kier molecular flexibility index (Phi) is 1.22. The minimum atomic E-state index is -0.334. The van der Waals surface area contributed by atoms with Crippen molar-refractivity contribution >= 4 is 17.6 Å². The molecule has 2 atom stereocenters. The number of rotatable bonds is 1. The first kappa shape index (κ1) is 7.69. The minimum absolute atomic E-state index is 0.249. The van der Waals surface area contributed by atoms with Crippen molar-refractivity contribution in [1.82, 2.24) is 5.16 Å². The Hall–Kier alpha value is -1.69. The summed E-state index contributed by atoms with van der Waals surface area (Å²) in [6.07, 6.45) is 1.32. The van der Waals surface area contributed by atoms with Crippen molar-refractivity contribution in [2.75, 3.05) is 4.90 Å². The SMILES string of the molecule is NC1C2C(=O)N(c3ccon3)C(=O)C12. The van der Waals surface area contributed by atoms with Gasteiger partial charge in [-0.3, -0.25) is 9.59 Å². The summed E-state index contributed by atoms with van der Waals surface area (Å²) in [4.78, 5) is 24.3. The highest BCUT2D eigenvalue weighted by molar-refractivity contribution is 6.25. The first-order chi connectivity index (χ1) is 6.72. The van der Waals surface area contributed by atoms with Gasteiger partial charge in [-0.25, -0.2) is 4.90 Å². The number of nitrogens with two attached hydrogens (primary N) is 1. The number of nitrogens with zero attached hydrogens (tertiary/aromatic N) is 2. The number of piperidine rings is 1. The van der Waals surface area contributed by atoms with Crippen molar-refractivity contribution in [3.8, 4) is 0 Å². The Bertz CT molecular complexity index is 391. The Balaban J connectivity index is 1.98. The summed E-state index contributed by atoms with van der Waals surface area (Å²) < 4.78 is 4.57. The molecule has 72 valence electrons. The average molecular weight is 193 g/mol. The van der Waals surface area contributed by atoms with E-state index in [9.17, 15) is 9.59 Å². The summed E-state index contributed by atoms with van der Waals surface area (Å²) in [7, 11) is 0. The molecular formula is C8H7N3O3. The molecule has 2 amide bonds. The van der Waals surface area contributed by atoms with Gasteiger partial charge in [0.15, 0.2) is 5.82 Å². The lowest BCUT2D eigenvalue weighted by atomic mass is 10.3. The van der Waals surface area contributed by atoms with Crippen LogP contribution in [0, 0.1) is 11.8 Å². The van der Waals surface area contributed by atoms with Gasteiger partial charge in [-0.1, -0.05) is 5.16 Å². The molecular weight excluding hydrogens is 186 g/mol. The molecule has 14 heavy (non-hydrogen) atoms. The molecule has 1 aliphatic heterocycles. The lowest BCUT2D eigenvalue weighted by molar-refractivity contribution is -0.123. The van der Waals surface area contributed by atoms with Gasteiger partial charge in [0.2, 0.25) is 11.8 Å². The Morgan fingerprint density at radius 2 is 2.00 bits per heavy atom. The van der Waals surface area contributed by atoms with Crippen molar-refractivity contribution in [3.05, 3.63) is 12.3 Å². The fourth-order valence-electron chi connectivity index (χ4n) is 1.93. The molecule has 1 saturated carbocycles. The Labute approximate surface area is 78.6 Å². The van der Waals surface area contributed by atoms with Gasteiger partial charge in [0.1, 0.15) is 6.26 Å². The highest BCUT2D eigenvalue weighted by Gasteiger charge is 2.66. The molecule has 2 unspecified atom stereocenters. The van der Waals surface area contributed by atoms with Crippen LogP contribution in [0.15, 0.2) is 16.9 Å². The van der Waals surface area contributed by atoms with E-state index in [1.54, 1.807) is 0 Å². The zero-order valence-electron chi connectivity index (χ0n) is 7.08. The maximum absolute atomic E-state index is 11.6. The normalized spacial score (nSPS) is 34.9. The highest BCUT2D eigenvalue weighted by atomic mass is 16.5. The van der Waals surface area contributed by atoms with Crippen molar-refractivity contribution in [3.63, 3.8) is 0 Å². The van der Waals surface area contributed by atoms with Crippen LogP contribution in [0.3, 0.4) is 0 Å². The summed E-state index contributed by atoms with van der Waals surface area (Å²) in [5.41, 5.74) is 5.56. The second-order valence-electron chi connectivity index (χ2n) is 3.50. The number of fused-ring (bicyclic) bond motifs is 1. The van der Waals surface area contributed by atoms with E-state index in [4.69, 9.17) is 5.73 Å². The van der Waals surface area contributed by atoms with Crippen LogP contribution in [0.1, 0.15) is 0 Å². The first-order valence-electron chi connectivity index (χ1n) is 4.25. The molecule has 1 saturated heterocycles. The maximum atomic E-state index is 11.6. The molecule has 2 heterocycles. The Morgan fingerprint density at radius 3 is 2.50 bits per heavy atom. The van der Waals surface area contributed by atoms with Gasteiger partial charge >= 0.3 is 0 Å². The van der Waals surface area contributed by atoms with E-state index >= 15 is 0 Å². The number of hydrogen-bond donors (Lipinski definition) is 1. The molecule has 3 rings (SSSR count). The van der Waals surface area contributed by atoms with Gasteiger partial charge in [0.05, 0.1) is 11.8 Å². The van der Waals surface area contributed by atoms with Gasteiger partial charge < -0.3 is 10.3 Å². The summed E-state index contributed by atoms with van der Waals surface area (Å²) in [6.45, 7) is 0. The molecule has 1 aromatic rings. The van der Waals surface area contributed by atoms with Crippen LogP contribution in [0.25, 0.3) is 0 Å². The van der Waals surface area contributed by atoms with E-state index in [1.165, 1.54) is 12.3 Å². The van der Waals surface area contributed by atoms with Crippen LogP contribution in [0.4, 0.5) is 5.82 Å². The molecule has 6 nitrogen and oxygen atoms in total. The predicted molar refractivity (Wildman–Crippen MR) is 44.0 cm³/mol. The number of aromatic nitrogens is 1. The van der Waals surface area contributed by atoms with Gasteiger partial charge in [-0.15, -0.1) is 0 Å². The second kappa shape index (κ2) is 2.21. The predicted octanol–water partition coefficient (Wildman–Crippen LogP) is -0.879. The van der Waals surface area contributed by atoms with E-state index < -0.39 is 0 Å². The van der Waals surface area contributed by atoms with Gasteiger partial charge in [-0.05, 0) is 0 Å². The maximum Gasteiger partial charge on any atom is 0.240 e. The molecule has 2 fully saturated rings. The third-order valence-corrected chi connectivity index (χ3v) is 2.74. The smallest absolute Gasteiger partial charge is 0.240 e. The quantitative estimate of drug-likeness (QED) is 0.585. The van der Waals surface area contributed by atoms with E-state index in [1.807, 2.05) is 0 Å². The zero-order chi connectivity index (χ0) is 9.87. The molecule has 2 N–H and O–H groups in total. The lowest BCUT2D eigenvalue weighted by Gasteiger charge is -2.12. The molecule has 1 aromatic heterocycles. The van der Waals surface area contributed by atoms with E-state index in [0.29, 0.717) is 0 Å². The topological polar surface area (TPSA) is 89.4 Å². The Morgan fingerprint density at radius 1 is 1.36 bits per heavy atom. The van der Waals surface area contributed by atoms with Gasteiger partial charge in [0, 0.05) is 12.1 Å². The van der Waals surface area contributed by atoms with Crippen molar-refractivity contribution in [2.24, 2.45) is 17.6 Å². The van der Waals surface area contributed by atoms with Crippen LogP contribution < -0.4 is 10.6 Å². The third kappa shape index (κ3) is 0.717. The number of imide groups is 1. The second-order valence-corrected chi connectivity index (χ2v) is 3.50. The number of anilines is 1. The van der Waals surface area contributed by atoms with Crippen LogP contribution in [-0.2, 0) is 9.59 Å². The van der Waals surface area contributed by atoms with Gasteiger partial charge in [0.25, 0.3) is 0 Å². The molecule has 0 bridgehead atoms. The fourth-order valence-corrected chi connectivity index (χ4v) is 1.93. The number of carbonyl (C=O) groups excluding carboxylic acids is 2. The lowest BCUT2D eigenvalue weighted by Crippen LogP contribution is -2.37. The standard InChI is InChI=1S/C8H7N3O3/c9-6-4-5(6)8(13)11(7(4)12)3-1-2-14-10-3/h1-2,4-6H,9H2. The summed E-state index contributed by atoms with van der Waals surface area (Å²) in [6, 6.07) is 1.18. The minimum Gasteiger partial charge on any atom is -0.363 e. The zero-order valence-corrected chi connectivity index (χ0v) is 7.08. The van der Waals surface area contributed by atoms with Crippen LogP contribution in [0.2, 0.25) is 0 Å². The fraction of sp³-hybridized carbons (Fsp3) is 0.375. The van der Waals surface area contributed by atoms with Crippen LogP contribution >= 0.6 is 0 Å². The molecule has 1 aliphatic carbocycles. The third-order valence-electron chi connectivity index (χ3n) is 2.74. The first-order valence-corrected chi connectivity index (χ1v) is 4.25. The average Bonchev–Trinajstić information content (AvgIpc) is 2.55. The summed E-state index contributed by atoms with van der Waals surface area (Å²) in [5.74, 6) is -0.944. The molecule has 0 radical (unpaired) electrons. The molecule has 6 heteroatoms. The number of hydrogen-bond acceptors (Lipinski definition) is 5. The largest absolute Gasteiger partial charge is 0.363 e. The van der Waals surface area contributed by atoms with Gasteiger partial charge in [-0.2, -0.15) is 0 Å². The van der Waals surface area contributed by atoms with Crippen molar-refractivity contribution in [2.45, 2.75) is 6.04 Å². The molecule has 0 aromatic carbocycles. The highest BCUT2D eigenvalue weighted by Crippen LogP contribution is 2.46. The van der Waals surface area contributed by atoms with E-state index in [-0.39, 0.29) is 35.5 Å². The van der Waals surface area contributed by atoms with E-state index in [2.05, 4.69) is 9.68 Å². The monoisotopic (exact) mass is 193 g/mol. The number of carbonyl (C=O) groups is 2. The molecule has 0 spiro atoms. The van der Waals surface area contributed by atoms with Crippen LogP contribution in [-0.4, -0.2) is 23.0 Å². The van der Waals surface area contributed by atoms with Crippen molar-refractivity contribution in [1.29, 1.82) is 0 Å². The van der Waals surface area contributed by atoms with Crippen LogP contribution in [0.5, 0.6) is 0 Å². The van der Waals surface area contributed by atoms with Crippen molar-refractivity contribution < 1.29 is 14.1 Å². The summed E-state index contributed by atoms with van der Waals surface area (Å²) >= 11 is 0. The number of amides is 2.